The van der Waals surface area contributed by atoms with E-state index in [2.05, 4.69) is 0 Å². The number of methoxy groups -OCH3 is 1. The van der Waals surface area contributed by atoms with Crippen molar-refractivity contribution in [2.45, 2.75) is 13.0 Å². The molecule has 1 amide bonds. The number of aromatic carboxylic acids is 1. The van der Waals surface area contributed by atoms with Gasteiger partial charge in [-0.25, -0.2) is 4.79 Å². The number of aliphatic hydroxyl groups is 1. The summed E-state index contributed by atoms with van der Waals surface area (Å²) < 4.78 is 5.21. The molecule has 1 saturated heterocycles. The molecule has 2 N–H and O–H groups in total. The predicted octanol–water partition coefficient (Wildman–Crippen LogP) is 4.33. The summed E-state index contributed by atoms with van der Waals surface area (Å²) in [6.07, 6.45) is 0. The van der Waals surface area contributed by atoms with Crippen molar-refractivity contribution in [3.63, 3.8) is 0 Å². The van der Waals surface area contributed by atoms with Crippen LogP contribution in [0.15, 0.2) is 78.4 Å². The predicted molar refractivity (Wildman–Crippen MR) is 122 cm³/mol. The number of carbonyl (C=O) groups excluding carboxylic acids is 2. The molecule has 1 atom stereocenters. The number of carbonyl (C=O) groups is 3. The van der Waals surface area contributed by atoms with Crippen LogP contribution in [-0.4, -0.2) is 35.0 Å². The van der Waals surface area contributed by atoms with Gasteiger partial charge in [0.15, 0.2) is 0 Å². The fourth-order valence-corrected chi connectivity index (χ4v) is 3.86. The van der Waals surface area contributed by atoms with Crippen LogP contribution in [0.25, 0.3) is 5.76 Å². The second-order valence-electron chi connectivity index (χ2n) is 7.66. The number of nitrogens with zero attached hydrogens (tertiary/aromatic N) is 1. The first kappa shape index (κ1) is 21.8. The van der Waals surface area contributed by atoms with Crippen molar-refractivity contribution in [2.24, 2.45) is 0 Å². The number of aryl methyl sites for hydroxylation is 1. The molecule has 0 aromatic heterocycles. The maximum Gasteiger partial charge on any atom is 0.335 e. The number of ether oxygens (including phenoxy) is 1. The molecular formula is C26H21NO6. The summed E-state index contributed by atoms with van der Waals surface area (Å²) in [6.45, 7) is 1.90. The number of carboxylic acid groups (broad SMARTS) is 1. The quantitative estimate of drug-likeness (QED) is 0.346. The highest BCUT2D eigenvalue weighted by Gasteiger charge is 2.47. The highest BCUT2D eigenvalue weighted by Crippen LogP contribution is 2.42. The summed E-state index contributed by atoms with van der Waals surface area (Å²) in [7, 11) is 1.52. The molecule has 7 nitrogen and oxygen atoms in total. The Morgan fingerprint density at radius 3 is 2.18 bits per heavy atom. The molecule has 33 heavy (non-hydrogen) atoms. The van der Waals surface area contributed by atoms with Crippen molar-refractivity contribution >= 4 is 29.1 Å². The van der Waals surface area contributed by atoms with Gasteiger partial charge in [0.05, 0.1) is 24.3 Å². The fraction of sp³-hybridized carbons (Fsp3) is 0.115. The summed E-state index contributed by atoms with van der Waals surface area (Å²) in [5, 5.41) is 20.5. The first-order valence-electron chi connectivity index (χ1n) is 10.2. The largest absolute Gasteiger partial charge is 0.507 e. The second-order valence-corrected chi connectivity index (χ2v) is 7.66. The van der Waals surface area contributed by atoms with E-state index in [4.69, 9.17) is 4.74 Å². The highest BCUT2D eigenvalue weighted by molar-refractivity contribution is 6.51. The Hall–Kier alpha value is -4.39. The van der Waals surface area contributed by atoms with Crippen molar-refractivity contribution in [2.75, 3.05) is 12.0 Å². The molecule has 0 bridgehead atoms. The van der Waals surface area contributed by atoms with Crippen LogP contribution in [0, 0.1) is 6.92 Å². The van der Waals surface area contributed by atoms with Crippen LogP contribution in [0.2, 0.25) is 0 Å². The van der Waals surface area contributed by atoms with Crippen LogP contribution in [0.1, 0.15) is 33.1 Å². The van der Waals surface area contributed by atoms with Crippen LogP contribution in [-0.2, 0) is 9.59 Å². The third-order valence-corrected chi connectivity index (χ3v) is 5.57. The summed E-state index contributed by atoms with van der Waals surface area (Å²) >= 11 is 0. The number of ketones is 1. The molecule has 1 unspecified atom stereocenters. The lowest BCUT2D eigenvalue weighted by molar-refractivity contribution is -0.132. The van der Waals surface area contributed by atoms with Gasteiger partial charge in [0, 0.05) is 11.3 Å². The average Bonchev–Trinajstić information content (AvgIpc) is 3.09. The Bertz CT molecular complexity index is 1270. The third kappa shape index (κ3) is 3.96. The van der Waals surface area contributed by atoms with E-state index >= 15 is 0 Å². The van der Waals surface area contributed by atoms with E-state index in [1.54, 1.807) is 54.6 Å². The van der Waals surface area contributed by atoms with Crippen LogP contribution >= 0.6 is 0 Å². The minimum Gasteiger partial charge on any atom is -0.507 e. The van der Waals surface area contributed by atoms with E-state index in [1.807, 2.05) is 6.92 Å². The molecule has 4 rings (SSSR count). The van der Waals surface area contributed by atoms with E-state index in [-0.39, 0.29) is 22.6 Å². The normalized spacial score (nSPS) is 17.3. The Morgan fingerprint density at radius 2 is 1.58 bits per heavy atom. The topological polar surface area (TPSA) is 104 Å². The zero-order valence-corrected chi connectivity index (χ0v) is 18.0. The SMILES string of the molecule is COc1ccc(C2/C(=C(/O)c3ccc(C)cc3)C(=O)C(=O)N2c2cccc(C(=O)O)c2)cc1. The van der Waals surface area contributed by atoms with Crippen molar-refractivity contribution < 1.29 is 29.3 Å². The molecule has 0 aliphatic carbocycles. The number of benzene rings is 3. The van der Waals surface area contributed by atoms with E-state index < -0.39 is 23.7 Å². The van der Waals surface area contributed by atoms with Gasteiger partial charge >= 0.3 is 5.97 Å². The lowest BCUT2D eigenvalue weighted by Crippen LogP contribution is -2.29. The highest BCUT2D eigenvalue weighted by atomic mass is 16.5. The number of carboxylic acids is 1. The maximum atomic E-state index is 13.2. The Balaban J connectivity index is 1.94. The fourth-order valence-electron chi connectivity index (χ4n) is 3.86. The zero-order valence-electron chi connectivity index (χ0n) is 18.0. The number of Topliss-reactive ketones (excluding diaryl/α,β-unsaturated/α-hetero) is 1. The van der Waals surface area contributed by atoms with Crippen molar-refractivity contribution in [1.82, 2.24) is 0 Å². The standard InChI is InChI=1S/C26H21NO6/c1-15-6-8-17(9-7-15)23(28)21-22(16-10-12-20(33-2)13-11-16)27(25(30)24(21)29)19-5-3-4-18(14-19)26(31)32/h3-14,22,28H,1-2H3,(H,31,32)/b23-21-. The number of amides is 1. The van der Waals surface area contributed by atoms with Crippen LogP contribution in [0.4, 0.5) is 5.69 Å². The van der Waals surface area contributed by atoms with Gasteiger partial charge in [-0.1, -0.05) is 48.0 Å². The molecule has 0 saturated carbocycles. The summed E-state index contributed by atoms with van der Waals surface area (Å²) in [4.78, 5) is 39.0. The average molecular weight is 443 g/mol. The minimum atomic E-state index is -1.16. The Labute approximate surface area is 190 Å². The maximum absolute atomic E-state index is 13.2. The Morgan fingerprint density at radius 1 is 0.909 bits per heavy atom. The minimum absolute atomic E-state index is 0.0265. The lowest BCUT2D eigenvalue weighted by Gasteiger charge is -2.25. The van der Waals surface area contributed by atoms with Gasteiger partial charge in [-0.2, -0.15) is 0 Å². The molecule has 166 valence electrons. The molecule has 1 heterocycles. The van der Waals surface area contributed by atoms with E-state index in [9.17, 15) is 24.6 Å². The van der Waals surface area contributed by atoms with Gasteiger partial charge < -0.3 is 14.9 Å². The summed E-state index contributed by atoms with van der Waals surface area (Å²) in [5.41, 5.74) is 2.07. The number of aliphatic hydroxyl groups excluding tert-OH is 1. The molecule has 3 aromatic rings. The molecule has 0 radical (unpaired) electrons. The lowest BCUT2D eigenvalue weighted by atomic mass is 9.94. The smallest absolute Gasteiger partial charge is 0.335 e. The van der Waals surface area contributed by atoms with Crippen LogP contribution < -0.4 is 9.64 Å². The van der Waals surface area contributed by atoms with Crippen LogP contribution in [0.3, 0.4) is 0 Å². The van der Waals surface area contributed by atoms with Crippen molar-refractivity contribution in [3.8, 4) is 5.75 Å². The van der Waals surface area contributed by atoms with E-state index in [1.165, 1.54) is 30.2 Å². The number of hydrogen-bond donors (Lipinski definition) is 2. The van der Waals surface area contributed by atoms with Crippen molar-refractivity contribution in [3.05, 3.63) is 101 Å². The van der Waals surface area contributed by atoms with Gasteiger partial charge in [0.2, 0.25) is 0 Å². The Kier molecular flexibility index (Phi) is 5.70. The van der Waals surface area contributed by atoms with Gasteiger partial charge in [0.25, 0.3) is 11.7 Å². The molecule has 1 fully saturated rings. The molecule has 7 heteroatoms. The van der Waals surface area contributed by atoms with E-state index in [0.29, 0.717) is 16.9 Å². The van der Waals surface area contributed by atoms with Crippen LogP contribution in [0.5, 0.6) is 5.75 Å². The first-order valence-corrected chi connectivity index (χ1v) is 10.2. The summed E-state index contributed by atoms with van der Waals surface area (Å²) in [6, 6.07) is 18.6. The first-order chi connectivity index (χ1) is 15.8. The number of hydrogen-bond acceptors (Lipinski definition) is 5. The monoisotopic (exact) mass is 443 g/mol. The van der Waals surface area contributed by atoms with Crippen molar-refractivity contribution in [1.29, 1.82) is 0 Å². The molecular weight excluding hydrogens is 422 g/mol. The van der Waals surface area contributed by atoms with Gasteiger partial charge in [0.1, 0.15) is 11.5 Å². The summed E-state index contributed by atoms with van der Waals surface area (Å²) in [5.74, 6) is -2.58. The number of rotatable bonds is 5. The third-order valence-electron chi connectivity index (χ3n) is 5.57. The van der Waals surface area contributed by atoms with Gasteiger partial charge in [-0.3, -0.25) is 14.5 Å². The molecule has 0 spiro atoms. The molecule has 1 aliphatic rings. The molecule has 3 aromatic carbocycles. The van der Waals surface area contributed by atoms with Gasteiger partial charge in [-0.15, -0.1) is 0 Å². The number of anilines is 1. The second kappa shape index (κ2) is 8.63. The molecule has 1 aliphatic heterocycles. The van der Waals surface area contributed by atoms with Gasteiger partial charge in [-0.05, 0) is 42.8 Å². The zero-order chi connectivity index (χ0) is 23.7. The van der Waals surface area contributed by atoms with E-state index in [0.717, 1.165) is 5.56 Å².